The summed E-state index contributed by atoms with van der Waals surface area (Å²) in [5.41, 5.74) is 2.57. The van der Waals surface area contributed by atoms with E-state index in [9.17, 15) is 9.90 Å². The van der Waals surface area contributed by atoms with Gasteiger partial charge in [-0.15, -0.1) is 0 Å². The lowest BCUT2D eigenvalue weighted by atomic mass is 9.65. The van der Waals surface area contributed by atoms with Gasteiger partial charge >= 0.3 is 5.97 Å². The van der Waals surface area contributed by atoms with Gasteiger partial charge in [-0.05, 0) is 52.6 Å². The smallest absolute Gasteiger partial charge is 0.324 e. The van der Waals surface area contributed by atoms with Crippen molar-refractivity contribution in [2.45, 2.75) is 29.6 Å². The van der Waals surface area contributed by atoms with Gasteiger partial charge in [-0.2, -0.15) is 0 Å². The molecule has 3 aliphatic heterocycles. The van der Waals surface area contributed by atoms with Gasteiger partial charge in [0.05, 0.1) is 34.8 Å². The fraction of sp³-hybridized carbons (Fsp3) is 0.190. The van der Waals surface area contributed by atoms with Crippen LogP contribution in [0.3, 0.4) is 0 Å². The van der Waals surface area contributed by atoms with E-state index in [0.717, 1.165) is 21.3 Å². The maximum atomic E-state index is 15.2. The van der Waals surface area contributed by atoms with Crippen molar-refractivity contribution in [3.8, 4) is 5.75 Å². The maximum Gasteiger partial charge on any atom is 0.324 e. The Labute approximate surface area is 309 Å². The third kappa shape index (κ3) is 5.30. The Balaban J connectivity index is 1.31. The van der Waals surface area contributed by atoms with Crippen LogP contribution in [0.25, 0.3) is 10.2 Å². The summed E-state index contributed by atoms with van der Waals surface area (Å²) < 4.78 is 13.2. The van der Waals surface area contributed by atoms with Gasteiger partial charge in [0.2, 0.25) is 11.8 Å². The number of cyclic esters (lactones) is 1. The number of esters is 1. The lowest BCUT2D eigenvalue weighted by Gasteiger charge is -2.46. The number of amides is 2. The molecule has 6 unspecified atom stereocenters. The standard InChI is InChI=1S/C42H34N4O6S/c47-22-23-51-28-17-11-16-27(24-28)37-42(29-18-7-8-19-30(29)43-40(42)50)33(38(48)45-41-44-31-20-9-10-21-32(31)53-41)35-39(49)52-36(26-14-5-2-6-15-26)34(46(35)37)25-12-3-1-4-13-25/h1-21,24,33-37,47H,22-23H2,(H,43,50)(H,44,45,48). The molecule has 11 heteroatoms. The first-order valence-corrected chi connectivity index (χ1v) is 18.3. The van der Waals surface area contributed by atoms with Crippen molar-refractivity contribution in [3.05, 3.63) is 156 Å². The highest BCUT2D eigenvalue weighted by Gasteiger charge is 2.74. The second kappa shape index (κ2) is 13.3. The SMILES string of the molecule is O=C1OC(c2ccccc2)C(c2ccccc2)N2C1C(C(=O)Nc1nc3ccccc3s1)C1(C(=O)Nc3ccccc31)C2c1cccc(OCCO)c1. The Morgan fingerprint density at radius 3 is 2.32 bits per heavy atom. The van der Waals surface area contributed by atoms with E-state index in [1.165, 1.54) is 11.3 Å². The van der Waals surface area contributed by atoms with Crippen LogP contribution in [0.4, 0.5) is 10.8 Å². The number of carbonyl (C=O) groups excluding carboxylic acids is 3. The van der Waals surface area contributed by atoms with Crippen molar-refractivity contribution in [3.63, 3.8) is 0 Å². The number of carbonyl (C=O) groups is 3. The fourth-order valence-electron chi connectivity index (χ4n) is 8.60. The molecule has 4 heterocycles. The third-order valence-electron chi connectivity index (χ3n) is 10.6. The van der Waals surface area contributed by atoms with Gasteiger partial charge in [0, 0.05) is 5.69 Å². The Hall–Kier alpha value is -5.88. The summed E-state index contributed by atoms with van der Waals surface area (Å²) >= 11 is 1.32. The summed E-state index contributed by atoms with van der Waals surface area (Å²) in [6.45, 7) is -0.118. The van der Waals surface area contributed by atoms with Crippen LogP contribution < -0.4 is 15.4 Å². The van der Waals surface area contributed by atoms with Crippen LogP contribution in [0.5, 0.6) is 5.75 Å². The van der Waals surface area contributed by atoms with Crippen molar-refractivity contribution >= 4 is 50.2 Å². The summed E-state index contributed by atoms with van der Waals surface area (Å²) in [5.74, 6) is -2.32. The van der Waals surface area contributed by atoms with E-state index in [2.05, 4.69) is 15.6 Å². The molecule has 3 N–H and O–H groups in total. The number of benzene rings is 5. The van der Waals surface area contributed by atoms with Crippen molar-refractivity contribution in [1.29, 1.82) is 0 Å². The number of aromatic nitrogens is 1. The van der Waals surface area contributed by atoms with E-state index >= 15 is 9.59 Å². The first-order chi connectivity index (χ1) is 26.0. The van der Waals surface area contributed by atoms with Gasteiger partial charge in [0.1, 0.15) is 29.9 Å². The molecular formula is C42H34N4O6S. The first-order valence-electron chi connectivity index (χ1n) is 17.5. The molecule has 2 saturated heterocycles. The molecule has 6 aromatic rings. The summed E-state index contributed by atoms with van der Waals surface area (Å²) in [7, 11) is 0. The third-order valence-corrected chi connectivity index (χ3v) is 11.5. The average molecular weight is 723 g/mol. The number of nitrogens with one attached hydrogen (secondary N) is 2. The minimum absolute atomic E-state index is 0.0666. The molecule has 9 rings (SSSR count). The van der Waals surface area contributed by atoms with Gasteiger partial charge in [-0.25, -0.2) is 4.98 Å². The molecule has 0 bridgehead atoms. The molecule has 264 valence electrons. The number of ether oxygens (including phenoxy) is 2. The first kappa shape index (κ1) is 33.0. The zero-order valence-electron chi connectivity index (χ0n) is 28.3. The van der Waals surface area contributed by atoms with Crippen molar-refractivity contribution in [1.82, 2.24) is 9.88 Å². The van der Waals surface area contributed by atoms with E-state index in [-0.39, 0.29) is 13.2 Å². The second-order valence-corrected chi connectivity index (χ2v) is 14.4. The van der Waals surface area contributed by atoms with Crippen molar-refractivity contribution in [2.75, 3.05) is 23.8 Å². The molecule has 10 nitrogen and oxygen atoms in total. The lowest BCUT2D eigenvalue weighted by Crippen LogP contribution is -2.53. The van der Waals surface area contributed by atoms with Crippen molar-refractivity contribution < 1.29 is 29.0 Å². The number of nitrogens with zero attached hydrogens (tertiary/aromatic N) is 2. The number of aliphatic hydroxyl groups excluding tert-OH is 1. The van der Waals surface area contributed by atoms with E-state index in [4.69, 9.17) is 9.47 Å². The molecule has 6 atom stereocenters. The molecule has 2 fully saturated rings. The van der Waals surface area contributed by atoms with Crippen LogP contribution in [0.15, 0.2) is 133 Å². The molecule has 0 saturated carbocycles. The number of para-hydroxylation sites is 2. The predicted molar refractivity (Wildman–Crippen MR) is 200 cm³/mol. The van der Waals surface area contributed by atoms with Crippen LogP contribution in [-0.4, -0.2) is 52.0 Å². The highest BCUT2D eigenvalue weighted by atomic mass is 32.1. The van der Waals surface area contributed by atoms with E-state index in [1.807, 2.05) is 132 Å². The fourth-order valence-corrected chi connectivity index (χ4v) is 9.47. The molecule has 0 aliphatic carbocycles. The number of fused-ring (bicyclic) bond motifs is 4. The number of hydrogen-bond acceptors (Lipinski definition) is 9. The van der Waals surface area contributed by atoms with Crippen LogP contribution in [0.2, 0.25) is 0 Å². The zero-order chi connectivity index (χ0) is 36.1. The van der Waals surface area contributed by atoms with Crippen molar-refractivity contribution in [2.24, 2.45) is 5.92 Å². The number of thiazole rings is 1. The Kier molecular flexibility index (Phi) is 8.26. The molecule has 5 aromatic carbocycles. The molecule has 3 aliphatic rings. The summed E-state index contributed by atoms with van der Waals surface area (Å²) in [6.07, 6.45) is -0.776. The van der Waals surface area contributed by atoms with Gasteiger partial charge in [-0.3, -0.25) is 19.3 Å². The molecule has 2 amide bonds. The molecule has 53 heavy (non-hydrogen) atoms. The number of morpholine rings is 1. The second-order valence-electron chi connectivity index (χ2n) is 13.4. The van der Waals surface area contributed by atoms with Crippen LogP contribution >= 0.6 is 11.3 Å². The van der Waals surface area contributed by atoms with Crippen LogP contribution in [-0.2, 0) is 24.5 Å². The quantitative estimate of drug-likeness (QED) is 0.150. The lowest BCUT2D eigenvalue weighted by molar-refractivity contribution is -0.177. The van der Waals surface area contributed by atoms with E-state index in [1.54, 1.807) is 6.07 Å². The Morgan fingerprint density at radius 2 is 1.55 bits per heavy atom. The van der Waals surface area contributed by atoms with Gasteiger partial charge in [0.15, 0.2) is 5.13 Å². The highest BCUT2D eigenvalue weighted by Crippen LogP contribution is 2.65. The van der Waals surface area contributed by atoms with Gasteiger partial charge < -0.3 is 25.2 Å². The molecular weight excluding hydrogens is 689 g/mol. The zero-order valence-corrected chi connectivity index (χ0v) is 29.1. The summed E-state index contributed by atoms with van der Waals surface area (Å²) in [6, 6.07) is 38.9. The normalized spacial score (nSPS) is 24.7. The number of rotatable bonds is 8. The molecule has 0 radical (unpaired) electrons. The number of hydrogen-bond donors (Lipinski definition) is 3. The summed E-state index contributed by atoms with van der Waals surface area (Å²) in [5, 5.41) is 16.1. The Bertz CT molecular complexity index is 2320. The number of aliphatic hydroxyl groups is 1. The van der Waals surface area contributed by atoms with Gasteiger partial charge in [-0.1, -0.05) is 114 Å². The minimum atomic E-state index is -1.62. The van der Waals surface area contributed by atoms with Gasteiger partial charge in [0.25, 0.3) is 0 Å². The largest absolute Gasteiger partial charge is 0.491 e. The number of anilines is 2. The highest BCUT2D eigenvalue weighted by molar-refractivity contribution is 7.22. The topological polar surface area (TPSA) is 130 Å². The summed E-state index contributed by atoms with van der Waals surface area (Å²) in [4.78, 5) is 51.8. The maximum absolute atomic E-state index is 15.2. The monoisotopic (exact) mass is 722 g/mol. The van der Waals surface area contributed by atoms with Crippen LogP contribution in [0.1, 0.15) is 40.4 Å². The minimum Gasteiger partial charge on any atom is -0.491 e. The molecule has 1 aromatic heterocycles. The van der Waals surface area contributed by atoms with E-state index < -0.39 is 53.3 Å². The van der Waals surface area contributed by atoms with Crippen LogP contribution in [0, 0.1) is 5.92 Å². The Morgan fingerprint density at radius 1 is 0.849 bits per heavy atom. The molecule has 1 spiro atoms. The average Bonchev–Trinajstić information content (AvgIpc) is 3.84. The predicted octanol–water partition coefficient (Wildman–Crippen LogP) is 6.58. The van der Waals surface area contributed by atoms with E-state index in [0.29, 0.717) is 27.7 Å².